The van der Waals surface area contributed by atoms with Crippen LogP contribution in [0.1, 0.15) is 26.6 Å². The number of aromatic nitrogens is 4. The van der Waals surface area contributed by atoms with Crippen molar-refractivity contribution in [3.63, 3.8) is 0 Å². The van der Waals surface area contributed by atoms with E-state index in [-0.39, 0.29) is 5.41 Å². The van der Waals surface area contributed by atoms with Gasteiger partial charge in [0.25, 0.3) is 0 Å². The standard InChI is InChI=1S/C8H12N4/c1-5-6-12-7(8(2,3)4)9-10-11-12/h1H,6H2,2-4H3. The predicted octanol–water partition coefficient (Wildman–Crippen LogP) is 0.604. The molecule has 0 radical (unpaired) electrons. The van der Waals surface area contributed by atoms with Gasteiger partial charge in [0.05, 0.1) is 0 Å². The maximum Gasteiger partial charge on any atom is 0.157 e. The quantitative estimate of drug-likeness (QED) is 0.571. The highest BCUT2D eigenvalue weighted by molar-refractivity contribution is 5.00. The van der Waals surface area contributed by atoms with E-state index in [9.17, 15) is 0 Å². The molecule has 1 heterocycles. The molecule has 4 nitrogen and oxygen atoms in total. The van der Waals surface area contributed by atoms with Crippen molar-refractivity contribution in [2.24, 2.45) is 0 Å². The second-order valence-corrected chi connectivity index (χ2v) is 3.61. The zero-order valence-electron chi connectivity index (χ0n) is 7.57. The third-order valence-corrected chi connectivity index (χ3v) is 1.44. The second-order valence-electron chi connectivity index (χ2n) is 3.61. The van der Waals surface area contributed by atoms with E-state index in [1.807, 2.05) is 20.8 Å². The zero-order chi connectivity index (χ0) is 9.19. The molecule has 0 aliphatic carbocycles. The van der Waals surface area contributed by atoms with Gasteiger partial charge in [0.1, 0.15) is 6.54 Å². The Bertz CT molecular complexity index is 300. The average molecular weight is 164 g/mol. The summed E-state index contributed by atoms with van der Waals surface area (Å²) in [6, 6.07) is 0. The molecule has 0 saturated carbocycles. The van der Waals surface area contributed by atoms with Gasteiger partial charge in [-0.3, -0.25) is 0 Å². The van der Waals surface area contributed by atoms with Gasteiger partial charge in [0, 0.05) is 5.41 Å². The maximum atomic E-state index is 5.17. The molecule has 64 valence electrons. The molecular formula is C8H12N4. The Morgan fingerprint density at radius 2 is 2.17 bits per heavy atom. The highest BCUT2D eigenvalue weighted by Crippen LogP contribution is 2.17. The monoisotopic (exact) mass is 164 g/mol. The summed E-state index contributed by atoms with van der Waals surface area (Å²) in [4.78, 5) is 0. The van der Waals surface area contributed by atoms with E-state index in [0.29, 0.717) is 6.54 Å². The Kier molecular flexibility index (Phi) is 2.13. The molecule has 0 atom stereocenters. The van der Waals surface area contributed by atoms with E-state index >= 15 is 0 Å². The molecule has 0 aromatic carbocycles. The van der Waals surface area contributed by atoms with Crippen LogP contribution in [0.3, 0.4) is 0 Å². The fourth-order valence-corrected chi connectivity index (χ4v) is 0.935. The van der Waals surface area contributed by atoms with Crippen LogP contribution in [0.4, 0.5) is 0 Å². The highest BCUT2D eigenvalue weighted by atomic mass is 15.5. The SMILES string of the molecule is C#CCn1nnnc1C(C)(C)C. The summed E-state index contributed by atoms with van der Waals surface area (Å²) >= 11 is 0. The minimum atomic E-state index is -0.0552. The third kappa shape index (κ3) is 1.62. The van der Waals surface area contributed by atoms with E-state index in [1.165, 1.54) is 0 Å². The van der Waals surface area contributed by atoms with Crippen LogP contribution < -0.4 is 0 Å². The number of nitrogens with zero attached hydrogens (tertiary/aromatic N) is 4. The first-order valence-corrected chi connectivity index (χ1v) is 3.76. The van der Waals surface area contributed by atoms with Crippen molar-refractivity contribution in [1.29, 1.82) is 0 Å². The maximum absolute atomic E-state index is 5.17. The summed E-state index contributed by atoms with van der Waals surface area (Å²) in [7, 11) is 0. The fraction of sp³-hybridized carbons (Fsp3) is 0.625. The van der Waals surface area contributed by atoms with Gasteiger partial charge in [-0.2, -0.15) is 0 Å². The van der Waals surface area contributed by atoms with E-state index < -0.39 is 0 Å². The van der Waals surface area contributed by atoms with Crippen LogP contribution >= 0.6 is 0 Å². The Labute approximate surface area is 72.0 Å². The lowest BCUT2D eigenvalue weighted by Crippen LogP contribution is -2.19. The van der Waals surface area contributed by atoms with Crippen molar-refractivity contribution in [1.82, 2.24) is 20.2 Å². The van der Waals surface area contributed by atoms with Crippen molar-refractivity contribution in [3.05, 3.63) is 5.82 Å². The summed E-state index contributed by atoms with van der Waals surface area (Å²) in [6.45, 7) is 6.57. The average Bonchev–Trinajstić information content (AvgIpc) is 2.34. The van der Waals surface area contributed by atoms with Gasteiger partial charge in [-0.15, -0.1) is 11.5 Å². The lowest BCUT2D eigenvalue weighted by atomic mass is 9.96. The van der Waals surface area contributed by atoms with Crippen molar-refractivity contribution in [2.45, 2.75) is 32.7 Å². The van der Waals surface area contributed by atoms with E-state index in [1.54, 1.807) is 4.68 Å². The van der Waals surface area contributed by atoms with E-state index in [2.05, 4.69) is 21.4 Å². The minimum absolute atomic E-state index is 0.0552. The highest BCUT2D eigenvalue weighted by Gasteiger charge is 2.21. The lowest BCUT2D eigenvalue weighted by molar-refractivity contribution is 0.496. The zero-order valence-corrected chi connectivity index (χ0v) is 7.57. The van der Waals surface area contributed by atoms with Crippen LogP contribution in [0, 0.1) is 12.3 Å². The van der Waals surface area contributed by atoms with Crippen LogP contribution in [0.25, 0.3) is 0 Å². The summed E-state index contributed by atoms with van der Waals surface area (Å²) in [5, 5.41) is 11.3. The molecule has 0 fully saturated rings. The molecule has 0 saturated heterocycles. The van der Waals surface area contributed by atoms with Crippen LogP contribution in [-0.4, -0.2) is 20.2 Å². The molecule has 1 rings (SSSR count). The summed E-state index contributed by atoms with van der Waals surface area (Å²) < 4.78 is 1.64. The first-order valence-electron chi connectivity index (χ1n) is 3.76. The molecule has 4 heteroatoms. The van der Waals surface area contributed by atoms with Crippen LogP contribution in [0.2, 0.25) is 0 Å². The van der Waals surface area contributed by atoms with Gasteiger partial charge in [0.2, 0.25) is 0 Å². The Morgan fingerprint density at radius 1 is 1.50 bits per heavy atom. The van der Waals surface area contributed by atoms with Gasteiger partial charge in [-0.1, -0.05) is 26.7 Å². The van der Waals surface area contributed by atoms with Crippen molar-refractivity contribution < 1.29 is 0 Å². The normalized spacial score (nSPS) is 11.2. The van der Waals surface area contributed by atoms with Gasteiger partial charge in [-0.25, -0.2) is 4.68 Å². The van der Waals surface area contributed by atoms with Gasteiger partial charge in [-0.05, 0) is 10.4 Å². The summed E-state index contributed by atoms with van der Waals surface area (Å²) in [5.74, 6) is 3.32. The minimum Gasteiger partial charge on any atom is -0.217 e. The van der Waals surface area contributed by atoms with E-state index in [0.717, 1.165) is 5.82 Å². The van der Waals surface area contributed by atoms with Gasteiger partial charge in [0.15, 0.2) is 5.82 Å². The molecule has 0 unspecified atom stereocenters. The number of hydrogen-bond acceptors (Lipinski definition) is 3. The summed E-state index contributed by atoms with van der Waals surface area (Å²) in [6.07, 6.45) is 5.17. The summed E-state index contributed by atoms with van der Waals surface area (Å²) in [5.41, 5.74) is -0.0552. The molecule has 0 amide bonds. The molecule has 1 aromatic heterocycles. The Balaban J connectivity index is 3.01. The Hall–Kier alpha value is -1.37. The molecule has 0 aliphatic rings. The van der Waals surface area contributed by atoms with Crippen LogP contribution in [0.15, 0.2) is 0 Å². The number of hydrogen-bond donors (Lipinski definition) is 0. The van der Waals surface area contributed by atoms with Crippen molar-refractivity contribution in [2.75, 3.05) is 0 Å². The molecule has 0 bridgehead atoms. The van der Waals surface area contributed by atoms with Crippen molar-refractivity contribution >= 4 is 0 Å². The number of terminal acetylenes is 1. The molecule has 1 aromatic rings. The van der Waals surface area contributed by atoms with E-state index in [4.69, 9.17) is 6.42 Å². The molecule has 0 N–H and O–H groups in total. The first kappa shape index (κ1) is 8.72. The second kappa shape index (κ2) is 2.94. The van der Waals surface area contributed by atoms with Crippen LogP contribution in [-0.2, 0) is 12.0 Å². The smallest absolute Gasteiger partial charge is 0.157 e. The largest absolute Gasteiger partial charge is 0.217 e. The van der Waals surface area contributed by atoms with Crippen LogP contribution in [0.5, 0.6) is 0 Å². The molecule has 0 aliphatic heterocycles. The topological polar surface area (TPSA) is 43.6 Å². The predicted molar refractivity (Wildman–Crippen MR) is 45.4 cm³/mol. The Morgan fingerprint density at radius 3 is 2.67 bits per heavy atom. The molecule has 0 spiro atoms. The molecule has 12 heavy (non-hydrogen) atoms. The number of rotatable bonds is 1. The van der Waals surface area contributed by atoms with Crippen molar-refractivity contribution in [3.8, 4) is 12.3 Å². The first-order chi connectivity index (χ1) is 5.55. The lowest BCUT2D eigenvalue weighted by Gasteiger charge is -2.15. The van der Waals surface area contributed by atoms with Gasteiger partial charge < -0.3 is 0 Å². The third-order valence-electron chi connectivity index (χ3n) is 1.44. The number of tetrazole rings is 1. The van der Waals surface area contributed by atoms with Gasteiger partial charge >= 0.3 is 0 Å². The fourth-order valence-electron chi connectivity index (χ4n) is 0.935. The molecular weight excluding hydrogens is 152 g/mol.